The van der Waals surface area contributed by atoms with Crippen LogP contribution in [0.15, 0.2) is 16.9 Å². The molecule has 2 unspecified atom stereocenters. The van der Waals surface area contributed by atoms with E-state index in [0.29, 0.717) is 5.92 Å². The predicted molar refractivity (Wildman–Crippen MR) is 73.1 cm³/mol. The fourth-order valence-electron chi connectivity index (χ4n) is 1.89. The van der Waals surface area contributed by atoms with Gasteiger partial charge in [0.05, 0.1) is 5.69 Å². The molecule has 1 amide bonds. The second kappa shape index (κ2) is 5.55. The highest BCUT2D eigenvalue weighted by molar-refractivity contribution is 5.79. The van der Waals surface area contributed by atoms with Crippen LogP contribution in [0.3, 0.4) is 0 Å². The second-order valence-corrected chi connectivity index (χ2v) is 5.31. The van der Waals surface area contributed by atoms with E-state index in [1.165, 1.54) is 10.7 Å². The molecular weight excluding hydrogens is 242 g/mol. The highest BCUT2D eigenvalue weighted by Gasteiger charge is 2.27. The Morgan fingerprint density at radius 3 is 2.74 bits per heavy atom. The van der Waals surface area contributed by atoms with Gasteiger partial charge in [0.1, 0.15) is 6.04 Å². The van der Waals surface area contributed by atoms with Crippen LogP contribution in [0.2, 0.25) is 0 Å². The normalized spacial score (nSPS) is 17.8. The van der Waals surface area contributed by atoms with Crippen LogP contribution in [0, 0.1) is 0 Å². The number of hydrogen-bond acceptors (Lipinski definition) is 3. The van der Waals surface area contributed by atoms with Gasteiger partial charge in [0.15, 0.2) is 0 Å². The first-order valence-electron chi connectivity index (χ1n) is 6.93. The summed E-state index contributed by atoms with van der Waals surface area (Å²) in [7, 11) is 0. The molecule has 1 N–H and O–H groups in total. The molecule has 1 heterocycles. The van der Waals surface area contributed by atoms with Crippen molar-refractivity contribution in [2.75, 3.05) is 0 Å². The van der Waals surface area contributed by atoms with Crippen molar-refractivity contribution >= 4 is 5.91 Å². The van der Waals surface area contributed by atoms with Crippen LogP contribution in [0.5, 0.6) is 0 Å². The summed E-state index contributed by atoms with van der Waals surface area (Å²) < 4.78 is 1.30. The number of hydrogen-bond donors (Lipinski definition) is 1. The van der Waals surface area contributed by atoms with Crippen molar-refractivity contribution in [1.82, 2.24) is 15.1 Å². The van der Waals surface area contributed by atoms with E-state index in [-0.39, 0.29) is 17.5 Å². The highest BCUT2D eigenvalue weighted by atomic mass is 16.2. The number of nitrogens with zero attached hydrogens (tertiary/aromatic N) is 2. The number of rotatable bonds is 5. The Kier molecular flexibility index (Phi) is 4.02. The lowest BCUT2D eigenvalue weighted by atomic mass is 10.2. The van der Waals surface area contributed by atoms with E-state index in [2.05, 4.69) is 10.4 Å². The van der Waals surface area contributed by atoms with Crippen molar-refractivity contribution in [2.24, 2.45) is 0 Å². The van der Waals surface area contributed by atoms with Crippen molar-refractivity contribution in [3.8, 4) is 0 Å². The number of carbonyl (C=O) groups excluding carboxylic acids is 1. The largest absolute Gasteiger partial charge is 0.352 e. The van der Waals surface area contributed by atoms with Crippen molar-refractivity contribution in [1.29, 1.82) is 0 Å². The molecule has 0 saturated heterocycles. The van der Waals surface area contributed by atoms with Crippen LogP contribution in [-0.2, 0) is 4.79 Å². The molecule has 1 fully saturated rings. The number of aromatic nitrogens is 2. The molecule has 1 aromatic rings. The van der Waals surface area contributed by atoms with Crippen LogP contribution in [0.1, 0.15) is 57.7 Å². The molecule has 0 aliphatic heterocycles. The maximum Gasteiger partial charge on any atom is 0.267 e. The van der Waals surface area contributed by atoms with Crippen molar-refractivity contribution in [2.45, 2.75) is 58.0 Å². The fourth-order valence-corrected chi connectivity index (χ4v) is 1.89. The summed E-state index contributed by atoms with van der Waals surface area (Å²) >= 11 is 0. The zero-order chi connectivity index (χ0) is 14.0. The standard InChI is InChI=1S/C14H21N3O2/c1-4-9(2)15-14(19)10(3)17-13(18)8-7-12(16-17)11-5-6-11/h7-11H,4-6H2,1-3H3,(H,15,19). The summed E-state index contributed by atoms with van der Waals surface area (Å²) in [4.78, 5) is 23.9. The molecule has 0 bridgehead atoms. The van der Waals surface area contributed by atoms with Crippen LogP contribution in [0.4, 0.5) is 0 Å². The Balaban J connectivity index is 2.17. The van der Waals surface area contributed by atoms with Crippen LogP contribution < -0.4 is 10.9 Å². The lowest BCUT2D eigenvalue weighted by molar-refractivity contribution is -0.124. The molecule has 5 nitrogen and oxygen atoms in total. The molecule has 1 aromatic heterocycles. The molecule has 0 radical (unpaired) electrons. The Bertz CT molecular complexity index is 520. The summed E-state index contributed by atoms with van der Waals surface area (Å²) in [6.07, 6.45) is 3.11. The Hall–Kier alpha value is -1.65. The van der Waals surface area contributed by atoms with Crippen molar-refractivity contribution in [3.63, 3.8) is 0 Å². The van der Waals surface area contributed by atoms with Crippen molar-refractivity contribution in [3.05, 3.63) is 28.2 Å². The van der Waals surface area contributed by atoms with Crippen molar-refractivity contribution < 1.29 is 4.79 Å². The smallest absolute Gasteiger partial charge is 0.267 e. The van der Waals surface area contributed by atoms with Gasteiger partial charge >= 0.3 is 0 Å². The first-order valence-corrected chi connectivity index (χ1v) is 6.93. The molecule has 19 heavy (non-hydrogen) atoms. The molecule has 0 aromatic carbocycles. The van der Waals surface area contributed by atoms with E-state index in [0.717, 1.165) is 25.0 Å². The van der Waals surface area contributed by atoms with Gasteiger partial charge in [-0.25, -0.2) is 4.68 Å². The second-order valence-electron chi connectivity index (χ2n) is 5.31. The summed E-state index contributed by atoms with van der Waals surface area (Å²) in [6.45, 7) is 5.66. The molecule has 1 aliphatic rings. The zero-order valence-corrected chi connectivity index (χ0v) is 11.7. The van der Waals surface area contributed by atoms with E-state index in [1.54, 1.807) is 13.0 Å². The minimum Gasteiger partial charge on any atom is -0.352 e. The van der Waals surface area contributed by atoms with Crippen LogP contribution in [-0.4, -0.2) is 21.7 Å². The third-order valence-electron chi connectivity index (χ3n) is 3.59. The lowest BCUT2D eigenvalue weighted by Gasteiger charge is -2.17. The monoisotopic (exact) mass is 263 g/mol. The molecule has 0 spiro atoms. The summed E-state index contributed by atoms with van der Waals surface area (Å²) in [5.41, 5.74) is 0.694. The topological polar surface area (TPSA) is 64.0 Å². The minimum atomic E-state index is -0.569. The minimum absolute atomic E-state index is 0.109. The van der Waals surface area contributed by atoms with E-state index in [9.17, 15) is 9.59 Å². The van der Waals surface area contributed by atoms with E-state index in [1.807, 2.05) is 13.8 Å². The number of nitrogens with one attached hydrogen (secondary N) is 1. The molecule has 2 rings (SSSR count). The average molecular weight is 263 g/mol. The van der Waals surface area contributed by atoms with Gasteiger partial charge in [0, 0.05) is 18.0 Å². The van der Waals surface area contributed by atoms with Gasteiger partial charge in [-0.1, -0.05) is 6.92 Å². The first kappa shape index (κ1) is 13.8. The van der Waals surface area contributed by atoms with Gasteiger partial charge in [-0.05, 0) is 39.2 Å². The quantitative estimate of drug-likeness (QED) is 0.877. The lowest BCUT2D eigenvalue weighted by Crippen LogP contribution is -2.40. The zero-order valence-electron chi connectivity index (χ0n) is 11.7. The van der Waals surface area contributed by atoms with E-state index < -0.39 is 6.04 Å². The van der Waals surface area contributed by atoms with E-state index in [4.69, 9.17) is 0 Å². The maximum atomic E-state index is 12.1. The Morgan fingerprint density at radius 1 is 1.47 bits per heavy atom. The molecule has 5 heteroatoms. The Morgan fingerprint density at radius 2 is 2.16 bits per heavy atom. The molecule has 2 atom stereocenters. The van der Waals surface area contributed by atoms with Gasteiger partial charge in [0.2, 0.25) is 5.91 Å². The van der Waals surface area contributed by atoms with Crippen LogP contribution >= 0.6 is 0 Å². The molecule has 1 saturated carbocycles. The third kappa shape index (κ3) is 3.22. The maximum absolute atomic E-state index is 12.1. The van der Waals surface area contributed by atoms with Gasteiger partial charge in [-0.2, -0.15) is 5.10 Å². The number of amides is 1. The van der Waals surface area contributed by atoms with Gasteiger partial charge in [-0.15, -0.1) is 0 Å². The van der Waals surface area contributed by atoms with Gasteiger partial charge in [-0.3, -0.25) is 9.59 Å². The molecule has 1 aliphatic carbocycles. The number of carbonyl (C=O) groups is 1. The predicted octanol–water partition coefficient (Wildman–Crippen LogP) is 1.60. The fraction of sp³-hybridized carbons (Fsp3) is 0.643. The average Bonchev–Trinajstić information content (AvgIpc) is 3.22. The summed E-state index contributed by atoms with van der Waals surface area (Å²) in [5, 5.41) is 7.21. The summed E-state index contributed by atoms with van der Waals surface area (Å²) in [6, 6.07) is 2.82. The highest BCUT2D eigenvalue weighted by Crippen LogP contribution is 2.38. The Labute approximate surface area is 113 Å². The van der Waals surface area contributed by atoms with Gasteiger partial charge < -0.3 is 5.32 Å². The molecular formula is C14H21N3O2. The molecule has 104 valence electrons. The SMILES string of the molecule is CCC(C)NC(=O)C(C)n1nc(C2CC2)ccc1=O. The van der Waals surface area contributed by atoms with Gasteiger partial charge in [0.25, 0.3) is 5.56 Å². The first-order chi connectivity index (χ1) is 9.02. The summed E-state index contributed by atoms with van der Waals surface area (Å²) in [5.74, 6) is 0.313. The van der Waals surface area contributed by atoms with Crippen LogP contribution in [0.25, 0.3) is 0 Å². The third-order valence-corrected chi connectivity index (χ3v) is 3.59. The van der Waals surface area contributed by atoms with E-state index >= 15 is 0 Å².